The Bertz CT molecular complexity index is 903. The molecule has 2 aromatic carbocycles. The van der Waals surface area contributed by atoms with E-state index in [2.05, 4.69) is 15.8 Å². The number of hydrogen-bond acceptors (Lipinski definition) is 3. The van der Waals surface area contributed by atoms with Gasteiger partial charge in [-0.2, -0.15) is 0 Å². The fraction of sp³-hybridized carbons (Fsp3) is 0.118. The Hall–Kier alpha value is -3.22. The van der Waals surface area contributed by atoms with Crippen LogP contribution in [0.25, 0.3) is 11.0 Å². The molecule has 0 unspecified atom stereocenters. The summed E-state index contributed by atoms with van der Waals surface area (Å²) in [5.74, 6) is -0.764. The lowest BCUT2D eigenvalue weighted by atomic mass is 10.2. The van der Waals surface area contributed by atoms with Crippen molar-refractivity contribution in [3.05, 3.63) is 65.7 Å². The number of amides is 2. The van der Waals surface area contributed by atoms with Gasteiger partial charge in [0, 0.05) is 12.6 Å². The first-order valence-electron chi connectivity index (χ1n) is 7.29. The summed E-state index contributed by atoms with van der Waals surface area (Å²) in [5.41, 5.74) is 6.60. The Labute approximate surface area is 137 Å². The molecule has 3 aromatic rings. The number of nitrogens with one attached hydrogen (secondary N) is 2. The third-order valence-corrected chi connectivity index (χ3v) is 3.62. The van der Waals surface area contributed by atoms with Crippen molar-refractivity contribution in [2.75, 3.05) is 0 Å². The second kappa shape index (κ2) is 6.49. The lowest BCUT2D eigenvalue weighted by Gasteiger charge is -2.07. The first kappa shape index (κ1) is 15.7. The average molecular weight is 326 g/mol. The SMILES string of the molecule is Cn1c(CC(=O)NNC(=O)c2ccc(F)cc2)nc2ccccc21. The van der Waals surface area contributed by atoms with Gasteiger partial charge >= 0.3 is 0 Å². The zero-order valence-electron chi connectivity index (χ0n) is 12.9. The smallest absolute Gasteiger partial charge is 0.269 e. The molecule has 0 spiro atoms. The number of para-hydroxylation sites is 2. The van der Waals surface area contributed by atoms with Gasteiger partial charge in [0.25, 0.3) is 5.91 Å². The number of halogens is 1. The van der Waals surface area contributed by atoms with Gasteiger partial charge in [-0.3, -0.25) is 20.4 Å². The zero-order valence-corrected chi connectivity index (χ0v) is 12.9. The molecule has 122 valence electrons. The van der Waals surface area contributed by atoms with Crippen LogP contribution in [0.5, 0.6) is 0 Å². The summed E-state index contributed by atoms with van der Waals surface area (Å²) in [6.07, 6.45) is 0.0227. The Morgan fingerprint density at radius 3 is 2.50 bits per heavy atom. The second-order valence-corrected chi connectivity index (χ2v) is 5.26. The van der Waals surface area contributed by atoms with E-state index >= 15 is 0 Å². The van der Waals surface area contributed by atoms with E-state index in [9.17, 15) is 14.0 Å². The molecule has 2 N–H and O–H groups in total. The summed E-state index contributed by atoms with van der Waals surface area (Å²) in [7, 11) is 1.83. The van der Waals surface area contributed by atoms with Crippen LogP contribution in [-0.4, -0.2) is 21.4 Å². The van der Waals surface area contributed by atoms with Crippen molar-refractivity contribution in [1.82, 2.24) is 20.4 Å². The fourth-order valence-electron chi connectivity index (χ4n) is 2.34. The van der Waals surface area contributed by atoms with Crippen LogP contribution in [0.2, 0.25) is 0 Å². The quantitative estimate of drug-likeness (QED) is 0.720. The largest absolute Gasteiger partial charge is 0.331 e. The maximum atomic E-state index is 12.8. The number of rotatable bonds is 3. The van der Waals surface area contributed by atoms with Crippen molar-refractivity contribution < 1.29 is 14.0 Å². The summed E-state index contributed by atoms with van der Waals surface area (Å²) >= 11 is 0. The Morgan fingerprint density at radius 2 is 1.79 bits per heavy atom. The molecule has 0 fully saturated rings. The Morgan fingerprint density at radius 1 is 1.08 bits per heavy atom. The minimum absolute atomic E-state index is 0.0227. The summed E-state index contributed by atoms with van der Waals surface area (Å²) in [6, 6.07) is 12.6. The molecule has 1 heterocycles. The van der Waals surface area contributed by atoms with E-state index in [1.54, 1.807) is 0 Å². The number of aryl methyl sites for hydroxylation is 1. The highest BCUT2D eigenvalue weighted by molar-refractivity contribution is 5.95. The molecule has 0 atom stereocenters. The predicted molar refractivity (Wildman–Crippen MR) is 86.4 cm³/mol. The van der Waals surface area contributed by atoms with Crippen molar-refractivity contribution in [3.8, 4) is 0 Å². The van der Waals surface area contributed by atoms with Crippen molar-refractivity contribution >= 4 is 22.8 Å². The van der Waals surface area contributed by atoms with Crippen LogP contribution in [0.15, 0.2) is 48.5 Å². The van der Waals surface area contributed by atoms with E-state index < -0.39 is 17.6 Å². The normalized spacial score (nSPS) is 10.6. The van der Waals surface area contributed by atoms with Crippen molar-refractivity contribution in [2.24, 2.45) is 7.05 Å². The highest BCUT2D eigenvalue weighted by Gasteiger charge is 2.12. The van der Waals surface area contributed by atoms with Gasteiger partial charge in [-0.15, -0.1) is 0 Å². The van der Waals surface area contributed by atoms with E-state index in [1.807, 2.05) is 35.9 Å². The molecule has 7 heteroatoms. The lowest BCUT2D eigenvalue weighted by molar-refractivity contribution is -0.121. The molecule has 2 amide bonds. The van der Waals surface area contributed by atoms with E-state index in [4.69, 9.17) is 0 Å². The third-order valence-electron chi connectivity index (χ3n) is 3.62. The van der Waals surface area contributed by atoms with E-state index in [1.165, 1.54) is 24.3 Å². The van der Waals surface area contributed by atoms with Crippen LogP contribution >= 0.6 is 0 Å². The van der Waals surface area contributed by atoms with Crippen LogP contribution in [0.3, 0.4) is 0 Å². The van der Waals surface area contributed by atoms with Gasteiger partial charge in [0.15, 0.2) is 0 Å². The summed E-state index contributed by atoms with van der Waals surface area (Å²) < 4.78 is 14.7. The molecule has 3 rings (SSSR count). The van der Waals surface area contributed by atoms with Crippen LogP contribution in [0.4, 0.5) is 4.39 Å². The molecule has 0 aliphatic rings. The van der Waals surface area contributed by atoms with Gasteiger partial charge < -0.3 is 4.57 Å². The second-order valence-electron chi connectivity index (χ2n) is 5.26. The van der Waals surface area contributed by atoms with E-state index in [-0.39, 0.29) is 12.0 Å². The molecule has 0 aliphatic heterocycles. The maximum absolute atomic E-state index is 12.8. The molecule has 0 saturated heterocycles. The Balaban J connectivity index is 1.62. The summed E-state index contributed by atoms with van der Waals surface area (Å²) in [4.78, 5) is 28.2. The van der Waals surface area contributed by atoms with E-state index in [0.29, 0.717) is 5.82 Å². The topological polar surface area (TPSA) is 76.0 Å². The number of hydrogen-bond donors (Lipinski definition) is 2. The number of aromatic nitrogens is 2. The number of carbonyl (C=O) groups is 2. The Kier molecular flexibility index (Phi) is 4.24. The predicted octanol–water partition coefficient (Wildman–Crippen LogP) is 1.72. The van der Waals surface area contributed by atoms with Gasteiger partial charge in [-0.05, 0) is 36.4 Å². The zero-order chi connectivity index (χ0) is 17.1. The molecule has 0 saturated carbocycles. The van der Waals surface area contributed by atoms with Gasteiger partial charge in [-0.1, -0.05) is 12.1 Å². The molecule has 0 radical (unpaired) electrons. The van der Waals surface area contributed by atoms with Gasteiger partial charge in [0.2, 0.25) is 5.91 Å². The molecule has 1 aromatic heterocycles. The minimum Gasteiger partial charge on any atom is -0.331 e. The van der Waals surface area contributed by atoms with Gasteiger partial charge in [0.1, 0.15) is 11.6 Å². The minimum atomic E-state index is -0.520. The highest BCUT2D eigenvalue weighted by atomic mass is 19.1. The standard InChI is InChI=1S/C17H15FN4O2/c1-22-14-5-3-2-4-13(14)19-15(22)10-16(23)20-21-17(24)11-6-8-12(18)9-7-11/h2-9H,10H2,1H3,(H,20,23)(H,21,24). The molecule has 6 nitrogen and oxygen atoms in total. The van der Waals surface area contributed by atoms with Crippen LogP contribution < -0.4 is 10.9 Å². The van der Waals surface area contributed by atoms with E-state index in [0.717, 1.165) is 11.0 Å². The molecule has 0 aliphatic carbocycles. The lowest BCUT2D eigenvalue weighted by Crippen LogP contribution is -2.42. The molecular formula is C17H15FN4O2. The average Bonchev–Trinajstić information content (AvgIpc) is 2.89. The third kappa shape index (κ3) is 3.24. The maximum Gasteiger partial charge on any atom is 0.269 e. The number of hydrazine groups is 1. The van der Waals surface area contributed by atoms with Crippen molar-refractivity contribution in [1.29, 1.82) is 0 Å². The molecule has 0 bridgehead atoms. The number of carbonyl (C=O) groups excluding carboxylic acids is 2. The first-order valence-corrected chi connectivity index (χ1v) is 7.29. The van der Waals surface area contributed by atoms with Crippen molar-refractivity contribution in [2.45, 2.75) is 6.42 Å². The molecule has 24 heavy (non-hydrogen) atoms. The van der Waals surface area contributed by atoms with Crippen LogP contribution in [0.1, 0.15) is 16.2 Å². The van der Waals surface area contributed by atoms with Gasteiger partial charge in [0.05, 0.1) is 17.5 Å². The summed E-state index contributed by atoms with van der Waals surface area (Å²) in [5, 5.41) is 0. The monoisotopic (exact) mass is 326 g/mol. The number of imidazole rings is 1. The number of nitrogens with zero attached hydrogens (tertiary/aromatic N) is 2. The first-order chi connectivity index (χ1) is 11.5. The highest BCUT2D eigenvalue weighted by Crippen LogP contribution is 2.14. The van der Waals surface area contributed by atoms with Crippen LogP contribution in [0, 0.1) is 5.82 Å². The fourth-order valence-corrected chi connectivity index (χ4v) is 2.34. The van der Waals surface area contributed by atoms with Gasteiger partial charge in [-0.25, -0.2) is 9.37 Å². The van der Waals surface area contributed by atoms with Crippen LogP contribution in [-0.2, 0) is 18.3 Å². The van der Waals surface area contributed by atoms with Crippen molar-refractivity contribution in [3.63, 3.8) is 0 Å². The number of fused-ring (bicyclic) bond motifs is 1. The molecular weight excluding hydrogens is 311 g/mol. The summed E-state index contributed by atoms with van der Waals surface area (Å²) in [6.45, 7) is 0. The number of benzene rings is 2.